The molecule has 1 aliphatic rings. The van der Waals surface area contributed by atoms with Crippen LogP contribution in [0, 0.1) is 0 Å². The Bertz CT molecular complexity index is 429. The maximum absolute atomic E-state index is 11.5. The average molecular weight is 297 g/mol. The first-order valence-corrected chi connectivity index (χ1v) is 6.63. The first-order valence-electron chi connectivity index (χ1n) is 6.63. The third-order valence-electron chi connectivity index (χ3n) is 2.65. The highest BCUT2D eigenvalue weighted by molar-refractivity contribution is 6.13. The van der Waals surface area contributed by atoms with E-state index in [2.05, 4.69) is 10.6 Å². The highest BCUT2D eigenvalue weighted by Crippen LogP contribution is 2.03. The molecule has 0 aromatic carbocycles. The number of carbonyl (C=O) groups is 4. The second-order valence-electron chi connectivity index (χ2n) is 4.36. The molecule has 0 atom stereocenters. The van der Waals surface area contributed by atoms with Gasteiger partial charge < -0.3 is 15.4 Å². The Morgan fingerprint density at radius 3 is 2.24 bits per heavy atom. The summed E-state index contributed by atoms with van der Waals surface area (Å²) in [6.45, 7) is 2.95. The van der Waals surface area contributed by atoms with E-state index in [1.165, 1.54) is 19.1 Å². The fourth-order valence-corrected chi connectivity index (χ4v) is 1.62. The smallest absolute Gasteiger partial charge is 0.253 e. The molecule has 1 heterocycles. The second-order valence-corrected chi connectivity index (χ2v) is 4.36. The van der Waals surface area contributed by atoms with Crippen LogP contribution in [0.15, 0.2) is 12.2 Å². The molecule has 0 aromatic heterocycles. The first kappa shape index (κ1) is 16.8. The Labute approximate surface area is 122 Å². The van der Waals surface area contributed by atoms with Gasteiger partial charge in [0.2, 0.25) is 11.8 Å². The van der Waals surface area contributed by atoms with Gasteiger partial charge in [-0.05, 0) is 0 Å². The van der Waals surface area contributed by atoms with E-state index < -0.39 is 11.8 Å². The van der Waals surface area contributed by atoms with Crippen LogP contribution >= 0.6 is 0 Å². The lowest BCUT2D eigenvalue weighted by molar-refractivity contribution is -0.137. The average Bonchev–Trinajstić information content (AvgIpc) is 2.74. The Kier molecular flexibility index (Phi) is 7.10. The van der Waals surface area contributed by atoms with Gasteiger partial charge in [-0.25, -0.2) is 0 Å². The SMILES string of the molecule is CC(=O)NCCOCCNC(=O)CCN1C(=O)C=CC1=O. The highest BCUT2D eigenvalue weighted by atomic mass is 16.5. The van der Waals surface area contributed by atoms with Crippen molar-refractivity contribution in [2.45, 2.75) is 13.3 Å². The molecule has 116 valence electrons. The maximum atomic E-state index is 11.5. The van der Waals surface area contributed by atoms with Gasteiger partial charge in [0, 0.05) is 45.1 Å². The fourth-order valence-electron chi connectivity index (χ4n) is 1.62. The van der Waals surface area contributed by atoms with Crippen molar-refractivity contribution in [3.8, 4) is 0 Å². The third kappa shape index (κ3) is 6.66. The Morgan fingerprint density at radius 2 is 1.67 bits per heavy atom. The van der Waals surface area contributed by atoms with Crippen molar-refractivity contribution in [1.82, 2.24) is 15.5 Å². The molecule has 0 radical (unpaired) electrons. The van der Waals surface area contributed by atoms with Gasteiger partial charge in [0.1, 0.15) is 0 Å². The van der Waals surface area contributed by atoms with Crippen LogP contribution in [-0.2, 0) is 23.9 Å². The quantitative estimate of drug-likeness (QED) is 0.401. The van der Waals surface area contributed by atoms with Crippen molar-refractivity contribution in [3.05, 3.63) is 12.2 Å². The number of imide groups is 1. The van der Waals surface area contributed by atoms with Crippen LogP contribution in [0.5, 0.6) is 0 Å². The molecule has 0 bridgehead atoms. The van der Waals surface area contributed by atoms with Crippen LogP contribution in [0.3, 0.4) is 0 Å². The van der Waals surface area contributed by atoms with Gasteiger partial charge in [0.05, 0.1) is 13.2 Å². The summed E-state index contributed by atoms with van der Waals surface area (Å²) in [6.07, 6.45) is 2.43. The van der Waals surface area contributed by atoms with Crippen molar-refractivity contribution in [1.29, 1.82) is 0 Å². The summed E-state index contributed by atoms with van der Waals surface area (Å²) in [6, 6.07) is 0. The molecule has 0 spiro atoms. The molecule has 0 aliphatic carbocycles. The fraction of sp³-hybridized carbons (Fsp3) is 0.538. The molecular weight excluding hydrogens is 278 g/mol. The zero-order valence-electron chi connectivity index (χ0n) is 11.9. The van der Waals surface area contributed by atoms with Gasteiger partial charge in [-0.15, -0.1) is 0 Å². The zero-order valence-corrected chi connectivity index (χ0v) is 11.9. The van der Waals surface area contributed by atoms with Crippen molar-refractivity contribution in [2.24, 2.45) is 0 Å². The number of rotatable bonds is 9. The van der Waals surface area contributed by atoms with E-state index in [-0.39, 0.29) is 24.8 Å². The summed E-state index contributed by atoms with van der Waals surface area (Å²) in [5.41, 5.74) is 0. The molecule has 21 heavy (non-hydrogen) atoms. The van der Waals surface area contributed by atoms with Crippen molar-refractivity contribution in [2.75, 3.05) is 32.8 Å². The van der Waals surface area contributed by atoms with Crippen molar-refractivity contribution < 1.29 is 23.9 Å². The molecular formula is C13H19N3O5. The predicted octanol–water partition coefficient (Wildman–Crippen LogP) is -1.43. The number of hydrogen-bond acceptors (Lipinski definition) is 5. The van der Waals surface area contributed by atoms with Crippen molar-refractivity contribution >= 4 is 23.6 Å². The Hall–Kier alpha value is -2.22. The monoisotopic (exact) mass is 297 g/mol. The van der Waals surface area contributed by atoms with E-state index >= 15 is 0 Å². The lowest BCUT2D eigenvalue weighted by Crippen LogP contribution is -2.35. The van der Waals surface area contributed by atoms with Crippen LogP contribution in [0.25, 0.3) is 0 Å². The predicted molar refractivity (Wildman–Crippen MR) is 73.0 cm³/mol. The van der Waals surface area contributed by atoms with E-state index in [0.717, 1.165) is 4.90 Å². The number of amides is 4. The van der Waals surface area contributed by atoms with Gasteiger partial charge in [0.15, 0.2) is 0 Å². The molecule has 1 rings (SSSR count). The van der Waals surface area contributed by atoms with Crippen LogP contribution in [-0.4, -0.2) is 61.4 Å². The molecule has 1 aliphatic heterocycles. The molecule has 2 N–H and O–H groups in total. The molecule has 0 saturated carbocycles. The van der Waals surface area contributed by atoms with Crippen molar-refractivity contribution in [3.63, 3.8) is 0 Å². The van der Waals surface area contributed by atoms with Crippen LogP contribution in [0.1, 0.15) is 13.3 Å². The number of ether oxygens (including phenoxy) is 1. The van der Waals surface area contributed by atoms with E-state index in [1.54, 1.807) is 0 Å². The van der Waals surface area contributed by atoms with Gasteiger partial charge >= 0.3 is 0 Å². The van der Waals surface area contributed by atoms with Gasteiger partial charge in [-0.3, -0.25) is 24.1 Å². The van der Waals surface area contributed by atoms with E-state index in [1.807, 2.05) is 0 Å². The second kappa shape index (κ2) is 8.85. The lowest BCUT2D eigenvalue weighted by Gasteiger charge is -2.13. The maximum Gasteiger partial charge on any atom is 0.253 e. The first-order chi connectivity index (χ1) is 10.0. The van der Waals surface area contributed by atoms with Gasteiger partial charge in [-0.2, -0.15) is 0 Å². The molecule has 4 amide bonds. The van der Waals surface area contributed by atoms with E-state index in [4.69, 9.17) is 4.74 Å². The van der Waals surface area contributed by atoms with Gasteiger partial charge in [-0.1, -0.05) is 0 Å². The van der Waals surface area contributed by atoms with E-state index in [9.17, 15) is 19.2 Å². The topological polar surface area (TPSA) is 105 Å². The summed E-state index contributed by atoms with van der Waals surface area (Å²) in [7, 11) is 0. The van der Waals surface area contributed by atoms with Crippen LogP contribution < -0.4 is 10.6 Å². The largest absolute Gasteiger partial charge is 0.378 e. The minimum Gasteiger partial charge on any atom is -0.378 e. The van der Waals surface area contributed by atoms with Crippen LogP contribution in [0.2, 0.25) is 0 Å². The van der Waals surface area contributed by atoms with Gasteiger partial charge in [0.25, 0.3) is 11.8 Å². The minimum absolute atomic E-state index is 0.0606. The summed E-state index contributed by atoms with van der Waals surface area (Å²) in [5.74, 6) is -1.16. The zero-order chi connectivity index (χ0) is 15.7. The standard InChI is InChI=1S/C13H19N3O5/c1-10(17)14-5-8-21-9-6-15-11(18)4-7-16-12(19)2-3-13(16)20/h2-3H,4-9H2,1H3,(H,14,17)(H,15,18). The molecule has 0 aromatic rings. The van der Waals surface area contributed by atoms with Crippen LogP contribution in [0.4, 0.5) is 0 Å². The number of nitrogens with one attached hydrogen (secondary N) is 2. The lowest BCUT2D eigenvalue weighted by atomic mass is 10.3. The summed E-state index contributed by atoms with van der Waals surface area (Å²) in [5, 5.41) is 5.19. The Morgan fingerprint density at radius 1 is 1.10 bits per heavy atom. The highest BCUT2D eigenvalue weighted by Gasteiger charge is 2.23. The normalized spacial score (nSPS) is 13.7. The molecule has 8 heteroatoms. The molecule has 0 fully saturated rings. The third-order valence-corrected chi connectivity index (χ3v) is 2.65. The Balaban J connectivity index is 2.00. The molecule has 0 unspecified atom stereocenters. The minimum atomic E-state index is -0.394. The summed E-state index contributed by atoms with van der Waals surface area (Å²) >= 11 is 0. The molecule has 8 nitrogen and oxygen atoms in total. The number of nitrogens with zero attached hydrogens (tertiary/aromatic N) is 1. The van der Waals surface area contributed by atoms with E-state index in [0.29, 0.717) is 26.3 Å². The molecule has 0 saturated heterocycles. The number of carbonyl (C=O) groups excluding carboxylic acids is 4. The summed E-state index contributed by atoms with van der Waals surface area (Å²) < 4.78 is 5.19. The summed E-state index contributed by atoms with van der Waals surface area (Å²) in [4.78, 5) is 45.6. The number of hydrogen-bond donors (Lipinski definition) is 2.